The number of rotatable bonds is 3. The lowest BCUT2D eigenvalue weighted by molar-refractivity contribution is -0.140. The number of urea groups is 1. The van der Waals surface area contributed by atoms with E-state index >= 15 is 0 Å². The van der Waals surface area contributed by atoms with Crippen LogP contribution >= 0.6 is 0 Å². The Hall–Kier alpha value is -2.12. The van der Waals surface area contributed by atoms with Crippen molar-refractivity contribution in [2.75, 3.05) is 57.8 Å². The van der Waals surface area contributed by atoms with E-state index in [4.69, 9.17) is 4.74 Å². The van der Waals surface area contributed by atoms with Gasteiger partial charge in [0.2, 0.25) is 5.91 Å². The van der Waals surface area contributed by atoms with Crippen molar-refractivity contribution in [2.45, 2.75) is 33.7 Å². The first-order valence-corrected chi connectivity index (χ1v) is 10.5. The maximum atomic E-state index is 12.6. The van der Waals surface area contributed by atoms with Gasteiger partial charge in [-0.1, -0.05) is 32.9 Å². The van der Waals surface area contributed by atoms with E-state index in [9.17, 15) is 9.59 Å². The highest BCUT2D eigenvalue weighted by Crippen LogP contribution is 2.23. The topological polar surface area (TPSA) is 65.1 Å². The van der Waals surface area contributed by atoms with Gasteiger partial charge < -0.3 is 19.9 Å². The molecule has 0 spiro atoms. The Morgan fingerprint density at radius 2 is 1.48 bits per heavy atom. The Kier molecular flexibility index (Phi) is 6.80. The molecule has 3 amide bonds. The Labute approximate surface area is 174 Å². The molecule has 2 heterocycles. The monoisotopic (exact) mass is 402 g/mol. The van der Waals surface area contributed by atoms with Crippen LogP contribution in [0, 0.1) is 5.41 Å². The van der Waals surface area contributed by atoms with Gasteiger partial charge in [-0.25, -0.2) is 4.79 Å². The van der Waals surface area contributed by atoms with Gasteiger partial charge in [0.1, 0.15) is 0 Å². The largest absolute Gasteiger partial charge is 0.379 e. The molecule has 2 fully saturated rings. The van der Waals surface area contributed by atoms with E-state index in [0.29, 0.717) is 32.2 Å². The number of nitrogens with one attached hydrogen (secondary N) is 1. The zero-order valence-electron chi connectivity index (χ0n) is 18.1. The SMILES string of the molecule is CC(c1ccc(NC(=O)N2CCN(C(=O)C(C)(C)C)CC2)cc1)N1CCOCC1. The number of benzene rings is 1. The summed E-state index contributed by atoms with van der Waals surface area (Å²) >= 11 is 0. The van der Waals surface area contributed by atoms with Crippen molar-refractivity contribution in [2.24, 2.45) is 5.41 Å². The summed E-state index contributed by atoms with van der Waals surface area (Å²) in [5, 5.41) is 2.98. The molecule has 0 saturated carbocycles. The molecule has 0 aliphatic carbocycles. The summed E-state index contributed by atoms with van der Waals surface area (Å²) in [5.74, 6) is 0.141. The van der Waals surface area contributed by atoms with E-state index in [1.54, 1.807) is 4.90 Å². The number of piperazine rings is 1. The van der Waals surface area contributed by atoms with E-state index in [1.807, 2.05) is 37.8 Å². The molecular formula is C22H34N4O3. The highest BCUT2D eigenvalue weighted by atomic mass is 16.5. The molecule has 1 unspecified atom stereocenters. The van der Waals surface area contributed by atoms with Gasteiger partial charge in [0.25, 0.3) is 0 Å². The second kappa shape index (κ2) is 9.13. The van der Waals surface area contributed by atoms with Crippen LogP contribution in [-0.2, 0) is 9.53 Å². The van der Waals surface area contributed by atoms with E-state index in [0.717, 1.165) is 32.0 Å². The lowest BCUT2D eigenvalue weighted by Gasteiger charge is -2.37. The summed E-state index contributed by atoms with van der Waals surface area (Å²) in [6.45, 7) is 13.7. The second-order valence-electron chi connectivity index (χ2n) is 8.91. The summed E-state index contributed by atoms with van der Waals surface area (Å²) in [7, 11) is 0. The Balaban J connectivity index is 1.50. The van der Waals surface area contributed by atoms with Gasteiger partial charge in [-0.05, 0) is 24.6 Å². The molecular weight excluding hydrogens is 368 g/mol. The third-order valence-corrected chi connectivity index (χ3v) is 5.73. The number of morpholine rings is 1. The Morgan fingerprint density at radius 1 is 0.931 bits per heavy atom. The van der Waals surface area contributed by atoms with Crippen molar-refractivity contribution in [1.29, 1.82) is 0 Å². The van der Waals surface area contributed by atoms with Gasteiger partial charge in [-0.15, -0.1) is 0 Å². The van der Waals surface area contributed by atoms with Gasteiger partial charge in [-0.2, -0.15) is 0 Å². The minimum atomic E-state index is -0.384. The summed E-state index contributed by atoms with van der Waals surface area (Å²) in [4.78, 5) is 31.0. The lowest BCUT2D eigenvalue weighted by Crippen LogP contribution is -2.53. The zero-order valence-corrected chi connectivity index (χ0v) is 18.1. The molecule has 3 rings (SSSR count). The summed E-state index contributed by atoms with van der Waals surface area (Å²) < 4.78 is 5.43. The van der Waals surface area contributed by atoms with E-state index in [1.165, 1.54) is 5.56 Å². The van der Waals surface area contributed by atoms with Crippen LogP contribution < -0.4 is 5.32 Å². The number of nitrogens with zero attached hydrogens (tertiary/aromatic N) is 3. The molecule has 7 nitrogen and oxygen atoms in total. The molecule has 2 aliphatic heterocycles. The quantitative estimate of drug-likeness (QED) is 0.844. The molecule has 2 aliphatic rings. The molecule has 1 aromatic rings. The molecule has 29 heavy (non-hydrogen) atoms. The molecule has 1 N–H and O–H groups in total. The molecule has 0 aromatic heterocycles. The second-order valence-corrected chi connectivity index (χ2v) is 8.91. The van der Waals surface area contributed by atoms with Crippen LogP contribution in [0.1, 0.15) is 39.3 Å². The minimum Gasteiger partial charge on any atom is -0.379 e. The summed E-state index contributed by atoms with van der Waals surface area (Å²) in [6, 6.07) is 8.30. The van der Waals surface area contributed by atoms with Crippen molar-refractivity contribution in [3.05, 3.63) is 29.8 Å². The molecule has 7 heteroatoms. The number of carbonyl (C=O) groups is 2. The average molecular weight is 403 g/mol. The van der Waals surface area contributed by atoms with Crippen LogP contribution in [0.5, 0.6) is 0 Å². The van der Waals surface area contributed by atoms with E-state index in [-0.39, 0.29) is 17.4 Å². The van der Waals surface area contributed by atoms with Gasteiger partial charge in [0.15, 0.2) is 0 Å². The first kappa shape index (κ1) is 21.6. The van der Waals surface area contributed by atoms with Crippen molar-refractivity contribution >= 4 is 17.6 Å². The summed E-state index contributed by atoms with van der Waals surface area (Å²) in [6.07, 6.45) is 0. The number of carbonyl (C=O) groups excluding carboxylic acids is 2. The van der Waals surface area contributed by atoms with E-state index in [2.05, 4.69) is 29.3 Å². The van der Waals surface area contributed by atoms with Gasteiger partial charge in [0, 0.05) is 56.4 Å². The predicted octanol–water partition coefficient (Wildman–Crippen LogP) is 2.80. The predicted molar refractivity (Wildman–Crippen MR) is 114 cm³/mol. The van der Waals surface area contributed by atoms with Crippen LogP contribution in [0.2, 0.25) is 0 Å². The van der Waals surface area contributed by atoms with E-state index < -0.39 is 0 Å². The number of hydrogen-bond acceptors (Lipinski definition) is 4. The van der Waals surface area contributed by atoms with Crippen LogP contribution in [0.4, 0.5) is 10.5 Å². The minimum absolute atomic E-state index is 0.109. The number of ether oxygens (including phenoxy) is 1. The maximum Gasteiger partial charge on any atom is 0.321 e. The fourth-order valence-corrected chi connectivity index (χ4v) is 3.81. The third-order valence-electron chi connectivity index (χ3n) is 5.73. The fourth-order valence-electron chi connectivity index (χ4n) is 3.81. The van der Waals surface area contributed by atoms with Gasteiger partial charge in [-0.3, -0.25) is 9.69 Å². The van der Waals surface area contributed by atoms with Gasteiger partial charge >= 0.3 is 6.03 Å². The molecule has 0 bridgehead atoms. The standard InChI is InChI=1S/C22H34N4O3/c1-17(24-13-15-29-16-14-24)18-5-7-19(8-6-18)23-21(28)26-11-9-25(10-12-26)20(27)22(2,3)4/h5-8,17H,9-16H2,1-4H3,(H,23,28). The fraction of sp³-hybridized carbons (Fsp3) is 0.636. The maximum absolute atomic E-state index is 12.6. The van der Waals surface area contributed by atoms with Crippen molar-refractivity contribution in [3.8, 4) is 0 Å². The zero-order chi connectivity index (χ0) is 21.0. The van der Waals surface area contributed by atoms with Crippen LogP contribution in [0.15, 0.2) is 24.3 Å². The van der Waals surface area contributed by atoms with Crippen LogP contribution in [0.3, 0.4) is 0 Å². The number of anilines is 1. The first-order chi connectivity index (χ1) is 13.8. The molecule has 0 radical (unpaired) electrons. The van der Waals surface area contributed by atoms with Crippen LogP contribution in [-0.4, -0.2) is 79.1 Å². The summed E-state index contributed by atoms with van der Waals surface area (Å²) in [5.41, 5.74) is 1.64. The molecule has 1 atom stereocenters. The Bertz CT molecular complexity index is 700. The lowest BCUT2D eigenvalue weighted by atomic mass is 9.94. The first-order valence-electron chi connectivity index (χ1n) is 10.5. The van der Waals surface area contributed by atoms with Crippen LogP contribution in [0.25, 0.3) is 0 Å². The van der Waals surface area contributed by atoms with Crippen molar-refractivity contribution in [1.82, 2.24) is 14.7 Å². The average Bonchev–Trinajstić information content (AvgIpc) is 2.73. The highest BCUT2D eigenvalue weighted by molar-refractivity contribution is 5.89. The number of hydrogen-bond donors (Lipinski definition) is 1. The smallest absolute Gasteiger partial charge is 0.321 e. The molecule has 160 valence electrons. The molecule has 1 aromatic carbocycles. The number of amides is 3. The molecule has 2 saturated heterocycles. The van der Waals surface area contributed by atoms with Crippen molar-refractivity contribution in [3.63, 3.8) is 0 Å². The van der Waals surface area contributed by atoms with Crippen molar-refractivity contribution < 1.29 is 14.3 Å². The Morgan fingerprint density at radius 3 is 2.03 bits per heavy atom. The normalized spacial score (nSPS) is 19.7. The van der Waals surface area contributed by atoms with Gasteiger partial charge in [0.05, 0.1) is 13.2 Å². The third kappa shape index (κ3) is 5.48. The highest BCUT2D eigenvalue weighted by Gasteiger charge is 2.30.